The van der Waals surface area contributed by atoms with Crippen LogP contribution in [0.4, 0.5) is 0 Å². The van der Waals surface area contributed by atoms with E-state index in [4.69, 9.17) is 20.3 Å². The van der Waals surface area contributed by atoms with Crippen LogP contribution in [0.1, 0.15) is 24.4 Å². The molecule has 0 saturated carbocycles. The van der Waals surface area contributed by atoms with Gasteiger partial charge in [-0.3, -0.25) is 4.90 Å². The van der Waals surface area contributed by atoms with Crippen LogP contribution in [0.5, 0.6) is 5.75 Å². The number of hydrogen-bond donors (Lipinski definition) is 2. The van der Waals surface area contributed by atoms with Crippen molar-refractivity contribution in [3.05, 3.63) is 29.8 Å². The quantitative estimate of drug-likeness (QED) is 0.705. The summed E-state index contributed by atoms with van der Waals surface area (Å²) in [5.41, 5.74) is 7.04. The summed E-state index contributed by atoms with van der Waals surface area (Å²) in [7, 11) is 0. The molecule has 0 spiro atoms. The first-order chi connectivity index (χ1) is 10.3. The van der Waals surface area contributed by atoms with Crippen LogP contribution in [0.3, 0.4) is 0 Å². The zero-order valence-corrected chi connectivity index (χ0v) is 12.5. The molecule has 1 aliphatic heterocycles. The smallest absolute Gasteiger partial charge is 0.124 e. The number of aliphatic hydroxyl groups excluding tert-OH is 1. The predicted molar refractivity (Wildman–Crippen MR) is 82.4 cm³/mol. The van der Waals surface area contributed by atoms with Gasteiger partial charge in [0.25, 0.3) is 0 Å². The van der Waals surface area contributed by atoms with Crippen molar-refractivity contribution in [2.75, 3.05) is 46.1 Å². The first-order valence-corrected chi connectivity index (χ1v) is 7.69. The molecule has 3 N–H and O–H groups in total. The van der Waals surface area contributed by atoms with Crippen LogP contribution in [-0.2, 0) is 4.74 Å². The zero-order valence-electron chi connectivity index (χ0n) is 12.5. The fraction of sp³-hybridized carbons (Fsp3) is 0.625. The highest BCUT2D eigenvalue weighted by Gasteiger charge is 2.12. The molecular weight excluding hydrogens is 268 g/mol. The Morgan fingerprint density at radius 1 is 1.29 bits per heavy atom. The van der Waals surface area contributed by atoms with Crippen LogP contribution < -0.4 is 10.5 Å². The Hall–Kier alpha value is -1.14. The van der Waals surface area contributed by atoms with Gasteiger partial charge >= 0.3 is 0 Å². The third kappa shape index (κ3) is 5.28. The molecular formula is C16H26N2O3. The van der Waals surface area contributed by atoms with Crippen molar-refractivity contribution in [1.82, 2.24) is 4.90 Å². The first kappa shape index (κ1) is 16.2. The van der Waals surface area contributed by atoms with Crippen molar-refractivity contribution < 1.29 is 14.6 Å². The standard InChI is InChI=1S/C16H26N2O3/c17-15(6-10-19)14-4-1-2-5-16(14)21-11-3-7-18-8-12-20-13-9-18/h1-2,4-5,15,19H,3,6-13,17H2/t15-/m0/s1. The number of aliphatic hydroxyl groups is 1. The maximum Gasteiger partial charge on any atom is 0.124 e. The van der Waals surface area contributed by atoms with E-state index in [-0.39, 0.29) is 12.6 Å². The number of ether oxygens (including phenoxy) is 2. The Bertz CT molecular complexity index is 408. The van der Waals surface area contributed by atoms with E-state index in [9.17, 15) is 0 Å². The van der Waals surface area contributed by atoms with E-state index >= 15 is 0 Å². The Kier molecular flexibility index (Phi) is 6.95. The summed E-state index contributed by atoms with van der Waals surface area (Å²) in [5.74, 6) is 0.834. The minimum Gasteiger partial charge on any atom is -0.493 e. The summed E-state index contributed by atoms with van der Waals surface area (Å²) in [6, 6.07) is 7.64. The molecule has 1 aromatic carbocycles. The summed E-state index contributed by atoms with van der Waals surface area (Å²) in [5, 5.41) is 9.01. The SMILES string of the molecule is N[C@@H](CCO)c1ccccc1OCCCN1CCOCC1. The normalized spacial score (nSPS) is 17.6. The molecule has 0 aromatic heterocycles. The van der Waals surface area contributed by atoms with Gasteiger partial charge in [0.2, 0.25) is 0 Å². The van der Waals surface area contributed by atoms with E-state index < -0.39 is 0 Å². The lowest BCUT2D eigenvalue weighted by atomic mass is 10.0. The molecule has 118 valence electrons. The highest BCUT2D eigenvalue weighted by Crippen LogP contribution is 2.25. The largest absolute Gasteiger partial charge is 0.493 e. The highest BCUT2D eigenvalue weighted by molar-refractivity contribution is 5.35. The van der Waals surface area contributed by atoms with Gasteiger partial charge in [-0.1, -0.05) is 18.2 Å². The molecule has 1 aromatic rings. The number of nitrogens with zero attached hydrogens (tertiary/aromatic N) is 1. The molecule has 1 heterocycles. The van der Waals surface area contributed by atoms with E-state index in [1.54, 1.807) is 0 Å². The summed E-state index contributed by atoms with van der Waals surface area (Å²) in [6.45, 7) is 5.50. The summed E-state index contributed by atoms with van der Waals surface area (Å²) in [6.07, 6.45) is 1.54. The van der Waals surface area contributed by atoms with Gasteiger partial charge in [-0.2, -0.15) is 0 Å². The van der Waals surface area contributed by atoms with Crippen LogP contribution in [0.2, 0.25) is 0 Å². The Balaban J connectivity index is 1.77. The van der Waals surface area contributed by atoms with E-state index in [0.29, 0.717) is 13.0 Å². The second kappa shape index (κ2) is 9.00. The molecule has 0 bridgehead atoms. The van der Waals surface area contributed by atoms with Gasteiger partial charge < -0.3 is 20.3 Å². The van der Waals surface area contributed by atoms with Crippen LogP contribution >= 0.6 is 0 Å². The lowest BCUT2D eigenvalue weighted by molar-refractivity contribution is 0.0357. The average Bonchev–Trinajstić information content (AvgIpc) is 2.53. The van der Waals surface area contributed by atoms with Crippen LogP contribution in [-0.4, -0.2) is 56.1 Å². The first-order valence-electron chi connectivity index (χ1n) is 7.69. The Morgan fingerprint density at radius 3 is 2.81 bits per heavy atom. The van der Waals surface area contributed by atoms with E-state index in [1.807, 2.05) is 24.3 Å². The lowest BCUT2D eigenvalue weighted by Gasteiger charge is -2.26. The molecule has 21 heavy (non-hydrogen) atoms. The minimum absolute atomic E-state index is 0.0898. The topological polar surface area (TPSA) is 68.0 Å². The Labute approximate surface area is 126 Å². The van der Waals surface area contributed by atoms with E-state index in [0.717, 1.165) is 50.6 Å². The van der Waals surface area contributed by atoms with Gasteiger partial charge in [0, 0.05) is 37.8 Å². The van der Waals surface area contributed by atoms with Crippen molar-refractivity contribution in [2.24, 2.45) is 5.73 Å². The molecule has 0 radical (unpaired) electrons. The molecule has 5 heteroatoms. The van der Waals surface area contributed by atoms with Gasteiger partial charge in [0.1, 0.15) is 5.75 Å². The van der Waals surface area contributed by atoms with Crippen molar-refractivity contribution in [3.63, 3.8) is 0 Å². The van der Waals surface area contributed by atoms with Gasteiger partial charge in [-0.15, -0.1) is 0 Å². The highest BCUT2D eigenvalue weighted by atomic mass is 16.5. The molecule has 0 unspecified atom stereocenters. The number of nitrogens with two attached hydrogens (primary N) is 1. The average molecular weight is 294 g/mol. The number of rotatable bonds is 8. The van der Waals surface area contributed by atoms with Crippen molar-refractivity contribution >= 4 is 0 Å². The van der Waals surface area contributed by atoms with Gasteiger partial charge in [-0.25, -0.2) is 0 Å². The van der Waals surface area contributed by atoms with Crippen molar-refractivity contribution in [2.45, 2.75) is 18.9 Å². The van der Waals surface area contributed by atoms with Crippen LogP contribution in [0.15, 0.2) is 24.3 Å². The summed E-state index contributed by atoms with van der Waals surface area (Å²) in [4.78, 5) is 2.40. The predicted octanol–water partition coefficient (Wildman–Crippen LogP) is 1.17. The van der Waals surface area contributed by atoms with E-state index in [1.165, 1.54) is 0 Å². The molecule has 5 nitrogen and oxygen atoms in total. The minimum atomic E-state index is -0.176. The number of para-hydroxylation sites is 1. The molecule has 0 aliphatic carbocycles. The van der Waals surface area contributed by atoms with Crippen molar-refractivity contribution in [1.29, 1.82) is 0 Å². The third-order valence-electron chi connectivity index (χ3n) is 3.74. The van der Waals surface area contributed by atoms with Crippen LogP contribution in [0, 0.1) is 0 Å². The fourth-order valence-corrected chi connectivity index (χ4v) is 2.51. The molecule has 1 aliphatic rings. The lowest BCUT2D eigenvalue weighted by Crippen LogP contribution is -2.37. The van der Waals surface area contributed by atoms with Crippen molar-refractivity contribution in [3.8, 4) is 5.75 Å². The second-order valence-corrected chi connectivity index (χ2v) is 5.31. The maximum atomic E-state index is 9.01. The van der Waals surface area contributed by atoms with Gasteiger partial charge in [0.15, 0.2) is 0 Å². The van der Waals surface area contributed by atoms with Gasteiger partial charge in [0.05, 0.1) is 19.8 Å². The van der Waals surface area contributed by atoms with Gasteiger partial charge in [-0.05, 0) is 18.9 Å². The number of benzene rings is 1. The third-order valence-corrected chi connectivity index (χ3v) is 3.74. The molecule has 1 fully saturated rings. The number of morpholine rings is 1. The molecule has 2 rings (SSSR count). The summed E-state index contributed by atoms with van der Waals surface area (Å²) < 4.78 is 11.2. The molecule has 1 atom stereocenters. The Morgan fingerprint density at radius 2 is 2.05 bits per heavy atom. The number of hydrogen-bond acceptors (Lipinski definition) is 5. The molecule has 0 amide bonds. The maximum absolute atomic E-state index is 9.01. The van der Waals surface area contributed by atoms with E-state index in [2.05, 4.69) is 4.90 Å². The zero-order chi connectivity index (χ0) is 14.9. The molecule has 1 saturated heterocycles. The van der Waals surface area contributed by atoms with Crippen LogP contribution in [0.25, 0.3) is 0 Å². The summed E-state index contributed by atoms with van der Waals surface area (Å²) >= 11 is 0. The monoisotopic (exact) mass is 294 g/mol. The fourth-order valence-electron chi connectivity index (χ4n) is 2.51. The second-order valence-electron chi connectivity index (χ2n) is 5.31.